The Labute approximate surface area is 80.9 Å². The summed E-state index contributed by atoms with van der Waals surface area (Å²) >= 11 is 0. The maximum Gasteiger partial charge on any atom is 0.171 e. The van der Waals surface area contributed by atoms with Crippen molar-refractivity contribution in [2.75, 3.05) is 13.1 Å². The lowest BCUT2D eigenvalue weighted by Gasteiger charge is -2.29. The van der Waals surface area contributed by atoms with Gasteiger partial charge in [0.05, 0.1) is 6.26 Å². The molecule has 0 aromatic rings. The molecule has 0 bridgehead atoms. The van der Waals surface area contributed by atoms with Crippen molar-refractivity contribution in [1.82, 2.24) is 4.90 Å². The van der Waals surface area contributed by atoms with Gasteiger partial charge in [-0.05, 0) is 25.0 Å². The first-order valence-corrected chi connectivity index (χ1v) is 5.11. The Morgan fingerprint density at radius 1 is 1.15 bits per heavy atom. The first-order valence-electron chi connectivity index (χ1n) is 5.11. The summed E-state index contributed by atoms with van der Waals surface area (Å²) in [6.07, 6.45) is 10.4. The predicted octanol–water partition coefficient (Wildman–Crippen LogP) is 2.53. The van der Waals surface area contributed by atoms with Crippen molar-refractivity contribution in [3.63, 3.8) is 0 Å². The quantitative estimate of drug-likeness (QED) is 0.646. The minimum atomic E-state index is 0.157. The van der Waals surface area contributed by atoms with Crippen LogP contribution in [-0.2, 0) is 4.74 Å². The van der Waals surface area contributed by atoms with Gasteiger partial charge in [0.2, 0.25) is 0 Å². The van der Waals surface area contributed by atoms with E-state index in [4.69, 9.17) is 4.74 Å². The van der Waals surface area contributed by atoms with Gasteiger partial charge >= 0.3 is 0 Å². The van der Waals surface area contributed by atoms with Gasteiger partial charge < -0.3 is 4.74 Å². The van der Waals surface area contributed by atoms with Gasteiger partial charge in [-0.1, -0.05) is 19.9 Å². The topological polar surface area (TPSA) is 12.5 Å². The first-order chi connectivity index (χ1) is 6.38. The van der Waals surface area contributed by atoms with Gasteiger partial charge in [-0.25, -0.2) is 0 Å². The maximum absolute atomic E-state index is 5.50. The van der Waals surface area contributed by atoms with E-state index >= 15 is 0 Å². The molecule has 1 heterocycles. The fourth-order valence-electron chi connectivity index (χ4n) is 1.52. The molecule has 0 fully saturated rings. The summed E-state index contributed by atoms with van der Waals surface area (Å²) in [7, 11) is 0. The molecule has 0 N–H and O–H groups in total. The Kier molecular flexibility index (Phi) is 4.61. The van der Waals surface area contributed by atoms with Crippen molar-refractivity contribution in [3.05, 3.63) is 24.5 Å². The highest BCUT2D eigenvalue weighted by Gasteiger charge is 2.14. The zero-order valence-corrected chi connectivity index (χ0v) is 8.57. The Bertz CT molecular complexity index is 181. The summed E-state index contributed by atoms with van der Waals surface area (Å²) in [5.41, 5.74) is 0. The lowest BCUT2D eigenvalue weighted by atomic mass is 10.3. The molecule has 13 heavy (non-hydrogen) atoms. The molecule has 2 heteroatoms. The molecule has 1 aliphatic heterocycles. The Hall–Kier alpha value is -0.760. The van der Waals surface area contributed by atoms with Crippen molar-refractivity contribution in [2.45, 2.75) is 32.9 Å². The smallest absolute Gasteiger partial charge is 0.171 e. The third kappa shape index (κ3) is 3.23. The van der Waals surface area contributed by atoms with Crippen molar-refractivity contribution >= 4 is 0 Å². The van der Waals surface area contributed by atoms with Crippen LogP contribution in [0.1, 0.15) is 26.7 Å². The highest BCUT2D eigenvalue weighted by Crippen LogP contribution is 2.09. The normalized spacial score (nSPS) is 20.7. The molecule has 0 aromatic carbocycles. The summed E-state index contributed by atoms with van der Waals surface area (Å²) in [4.78, 5) is 2.36. The third-order valence-corrected chi connectivity index (χ3v) is 2.06. The van der Waals surface area contributed by atoms with E-state index < -0.39 is 0 Å². The van der Waals surface area contributed by atoms with E-state index in [1.54, 1.807) is 6.26 Å². The number of allylic oxidation sites excluding steroid dienone is 2. The second kappa shape index (κ2) is 5.81. The standard InChI is InChI=1S/C11H19NO/c1-3-8-12(9-4-2)11-7-5-6-10-13-11/h5-7,10-11H,3-4,8-9H2,1-2H3. The average Bonchev–Trinajstić information content (AvgIpc) is 2.19. The van der Waals surface area contributed by atoms with Crippen molar-refractivity contribution < 1.29 is 4.74 Å². The van der Waals surface area contributed by atoms with Crippen molar-refractivity contribution in [1.29, 1.82) is 0 Å². The monoisotopic (exact) mass is 181 g/mol. The van der Waals surface area contributed by atoms with Crippen LogP contribution in [0.25, 0.3) is 0 Å². The molecule has 1 aliphatic rings. The van der Waals surface area contributed by atoms with E-state index in [2.05, 4.69) is 24.8 Å². The molecule has 2 nitrogen and oxygen atoms in total. The summed E-state index contributed by atoms with van der Waals surface area (Å²) < 4.78 is 5.50. The molecular formula is C11H19NO. The minimum absolute atomic E-state index is 0.157. The van der Waals surface area contributed by atoms with Crippen molar-refractivity contribution in [2.24, 2.45) is 0 Å². The van der Waals surface area contributed by atoms with E-state index in [-0.39, 0.29) is 6.23 Å². The molecule has 0 saturated heterocycles. The predicted molar refractivity (Wildman–Crippen MR) is 55.3 cm³/mol. The van der Waals surface area contributed by atoms with Crippen LogP contribution in [0.2, 0.25) is 0 Å². The molecule has 0 radical (unpaired) electrons. The second-order valence-corrected chi connectivity index (χ2v) is 3.28. The van der Waals surface area contributed by atoms with E-state index in [1.807, 2.05) is 12.2 Å². The lowest BCUT2D eigenvalue weighted by Crippen LogP contribution is -2.36. The molecule has 0 aliphatic carbocycles. The van der Waals surface area contributed by atoms with Crippen molar-refractivity contribution in [3.8, 4) is 0 Å². The fourth-order valence-corrected chi connectivity index (χ4v) is 1.52. The third-order valence-electron chi connectivity index (χ3n) is 2.06. The highest BCUT2D eigenvalue weighted by atomic mass is 16.5. The van der Waals surface area contributed by atoms with Gasteiger partial charge in [0.15, 0.2) is 6.23 Å². The van der Waals surface area contributed by atoms with E-state index in [0.29, 0.717) is 0 Å². The summed E-state index contributed by atoms with van der Waals surface area (Å²) in [5.74, 6) is 0. The molecule has 1 rings (SSSR count). The maximum atomic E-state index is 5.50. The molecule has 0 spiro atoms. The number of nitrogens with zero attached hydrogens (tertiary/aromatic N) is 1. The number of ether oxygens (including phenoxy) is 1. The Morgan fingerprint density at radius 3 is 2.31 bits per heavy atom. The van der Waals surface area contributed by atoms with Crippen LogP contribution in [-0.4, -0.2) is 24.2 Å². The van der Waals surface area contributed by atoms with Gasteiger partial charge in [0, 0.05) is 13.1 Å². The average molecular weight is 181 g/mol. The Morgan fingerprint density at radius 2 is 1.85 bits per heavy atom. The minimum Gasteiger partial charge on any atom is -0.479 e. The number of hydrogen-bond acceptors (Lipinski definition) is 2. The van der Waals surface area contributed by atoms with Crippen LogP contribution in [0.15, 0.2) is 24.5 Å². The molecule has 0 amide bonds. The Balaban J connectivity index is 2.43. The lowest BCUT2D eigenvalue weighted by molar-refractivity contribution is 0.0252. The van der Waals surface area contributed by atoms with Crippen LogP contribution >= 0.6 is 0 Å². The van der Waals surface area contributed by atoms with Crippen LogP contribution in [0.3, 0.4) is 0 Å². The zero-order chi connectivity index (χ0) is 9.52. The van der Waals surface area contributed by atoms with E-state index in [1.165, 1.54) is 12.8 Å². The fraction of sp³-hybridized carbons (Fsp3) is 0.636. The van der Waals surface area contributed by atoms with E-state index in [9.17, 15) is 0 Å². The van der Waals surface area contributed by atoms with Gasteiger partial charge in [-0.3, -0.25) is 4.90 Å². The number of rotatable bonds is 5. The van der Waals surface area contributed by atoms with Gasteiger partial charge in [-0.2, -0.15) is 0 Å². The van der Waals surface area contributed by atoms with Gasteiger partial charge in [0.1, 0.15) is 0 Å². The molecular weight excluding hydrogens is 162 g/mol. The molecule has 1 atom stereocenters. The van der Waals surface area contributed by atoms with E-state index in [0.717, 1.165) is 13.1 Å². The summed E-state index contributed by atoms with van der Waals surface area (Å²) in [5, 5.41) is 0. The highest BCUT2D eigenvalue weighted by molar-refractivity contribution is 5.07. The first kappa shape index (κ1) is 10.3. The van der Waals surface area contributed by atoms with Gasteiger partial charge in [-0.15, -0.1) is 0 Å². The summed E-state index contributed by atoms with van der Waals surface area (Å²) in [6, 6.07) is 0. The largest absolute Gasteiger partial charge is 0.479 e. The number of hydrogen-bond donors (Lipinski definition) is 0. The molecule has 74 valence electrons. The SMILES string of the molecule is CCCN(CCC)C1C=CC=CO1. The molecule has 1 unspecified atom stereocenters. The van der Waals surface area contributed by atoms with Crippen LogP contribution in [0.4, 0.5) is 0 Å². The zero-order valence-electron chi connectivity index (χ0n) is 8.57. The molecule has 0 aromatic heterocycles. The summed E-state index contributed by atoms with van der Waals surface area (Å²) in [6.45, 7) is 6.61. The molecule has 0 saturated carbocycles. The van der Waals surface area contributed by atoms with Crippen LogP contribution < -0.4 is 0 Å². The second-order valence-electron chi connectivity index (χ2n) is 3.28. The van der Waals surface area contributed by atoms with Gasteiger partial charge in [0.25, 0.3) is 0 Å². The van der Waals surface area contributed by atoms with Crippen LogP contribution in [0, 0.1) is 0 Å². The van der Waals surface area contributed by atoms with Crippen LogP contribution in [0.5, 0.6) is 0 Å².